The first-order valence-electron chi connectivity index (χ1n) is 10.0. The molecule has 0 amide bonds. The van der Waals surface area contributed by atoms with E-state index in [2.05, 4.69) is 115 Å². The molecule has 0 N–H and O–H groups in total. The van der Waals surface area contributed by atoms with Gasteiger partial charge in [-0.15, -0.1) is 0 Å². The molecule has 0 bridgehead atoms. The first-order valence-corrected chi connectivity index (χ1v) is 19.6. The van der Waals surface area contributed by atoms with Crippen molar-refractivity contribution in [3.8, 4) is 0 Å². The van der Waals surface area contributed by atoms with Crippen molar-refractivity contribution in [3.63, 3.8) is 0 Å². The van der Waals surface area contributed by atoms with Crippen LogP contribution in [0.5, 0.6) is 0 Å². The van der Waals surface area contributed by atoms with Gasteiger partial charge in [-0.3, -0.25) is 0 Å². The molecule has 28 heavy (non-hydrogen) atoms. The van der Waals surface area contributed by atoms with E-state index in [4.69, 9.17) is 0 Å². The molecule has 0 aromatic heterocycles. The molecule has 0 fully saturated rings. The molecule has 2 aliphatic carbocycles. The number of fused-ring (bicyclic) bond motifs is 2. The second-order valence-electron chi connectivity index (χ2n) is 7.52. The van der Waals surface area contributed by atoms with Crippen LogP contribution in [0, 0.1) is 0 Å². The Morgan fingerprint density at radius 1 is 0.643 bits per heavy atom. The summed E-state index contributed by atoms with van der Waals surface area (Å²) in [6.45, 7) is -0.243. The van der Waals surface area contributed by atoms with Crippen molar-refractivity contribution in [2.75, 3.05) is 0 Å². The minimum atomic E-state index is -1.79. The zero-order chi connectivity index (χ0) is 18.8. The van der Waals surface area contributed by atoms with E-state index in [1.165, 1.54) is 16.7 Å². The SMILES string of the molecule is C(=Cc1ccccc1)[SiH2][Zr]([CH]1C=Cc2ccccc21)[CH]1C=Cc2ccccc21. The summed E-state index contributed by atoms with van der Waals surface area (Å²) in [5.74, 6) is 0. The third kappa shape index (κ3) is 3.52. The van der Waals surface area contributed by atoms with Crippen molar-refractivity contribution < 1.29 is 20.9 Å². The van der Waals surface area contributed by atoms with Gasteiger partial charge in [-0.25, -0.2) is 0 Å². The third-order valence-corrected chi connectivity index (χ3v) is 23.6. The summed E-state index contributed by atoms with van der Waals surface area (Å²) in [5, 5.41) is 0. The van der Waals surface area contributed by atoms with Crippen molar-refractivity contribution >= 4 is 24.9 Å². The Morgan fingerprint density at radius 3 is 1.79 bits per heavy atom. The number of hydrogen-bond acceptors (Lipinski definition) is 0. The van der Waals surface area contributed by atoms with Crippen LogP contribution in [0.15, 0.2) is 96.7 Å². The van der Waals surface area contributed by atoms with E-state index < -0.39 is 20.9 Å². The molecule has 3 aromatic carbocycles. The Morgan fingerprint density at radius 2 is 1.18 bits per heavy atom. The molecular weight excluding hydrogens is 432 g/mol. The van der Waals surface area contributed by atoms with Gasteiger partial charge in [0.05, 0.1) is 0 Å². The van der Waals surface area contributed by atoms with E-state index in [0.717, 1.165) is 0 Å². The summed E-state index contributed by atoms with van der Waals surface area (Å²) in [6, 6.07) is 28.9. The molecule has 0 saturated carbocycles. The van der Waals surface area contributed by atoms with Crippen molar-refractivity contribution in [1.29, 1.82) is 0 Å². The molecule has 0 heterocycles. The van der Waals surface area contributed by atoms with Crippen LogP contribution in [0.1, 0.15) is 35.1 Å². The maximum absolute atomic E-state index is 2.59. The van der Waals surface area contributed by atoms with Crippen molar-refractivity contribution in [2.45, 2.75) is 7.25 Å². The summed E-state index contributed by atoms with van der Waals surface area (Å²) in [4.78, 5) is 0. The molecule has 2 aliphatic rings. The number of benzene rings is 3. The van der Waals surface area contributed by atoms with Crippen molar-refractivity contribution in [3.05, 3.63) is 125 Å². The van der Waals surface area contributed by atoms with Crippen LogP contribution in [0.25, 0.3) is 18.2 Å². The fraction of sp³-hybridized carbons (Fsp3) is 0.0769. The molecule has 0 spiro atoms. The molecule has 2 heteroatoms. The van der Waals surface area contributed by atoms with Crippen LogP contribution in [0.3, 0.4) is 0 Å². The second kappa shape index (κ2) is 8.15. The van der Waals surface area contributed by atoms with E-state index >= 15 is 0 Å². The van der Waals surface area contributed by atoms with Gasteiger partial charge in [-0.1, -0.05) is 0 Å². The summed E-state index contributed by atoms with van der Waals surface area (Å²) >= 11 is -1.79. The van der Waals surface area contributed by atoms with Crippen LogP contribution < -0.4 is 0 Å². The molecule has 0 radical (unpaired) electrons. The quantitative estimate of drug-likeness (QED) is 0.421. The molecular formula is C26H23SiZr. The Kier molecular flexibility index (Phi) is 5.25. The summed E-state index contributed by atoms with van der Waals surface area (Å²) in [6.07, 6.45) is 12.2. The Balaban J connectivity index is 1.48. The van der Waals surface area contributed by atoms with Gasteiger partial charge in [0.2, 0.25) is 0 Å². The molecule has 2 atom stereocenters. The van der Waals surface area contributed by atoms with E-state index in [1.807, 2.05) is 0 Å². The molecule has 0 saturated heterocycles. The zero-order valence-corrected chi connectivity index (χ0v) is 19.7. The van der Waals surface area contributed by atoms with Crippen LogP contribution in [0.2, 0.25) is 0 Å². The fourth-order valence-electron chi connectivity index (χ4n) is 4.49. The van der Waals surface area contributed by atoms with Gasteiger partial charge in [0.15, 0.2) is 0 Å². The van der Waals surface area contributed by atoms with Crippen molar-refractivity contribution in [1.82, 2.24) is 0 Å². The van der Waals surface area contributed by atoms with Crippen LogP contribution in [-0.2, 0) is 20.9 Å². The molecule has 2 unspecified atom stereocenters. The minimum absolute atomic E-state index is 0.243. The number of rotatable bonds is 5. The summed E-state index contributed by atoms with van der Waals surface area (Å²) in [5.41, 5.74) is 10.0. The predicted molar refractivity (Wildman–Crippen MR) is 120 cm³/mol. The normalized spacial score (nSPS) is 19.6. The predicted octanol–water partition coefficient (Wildman–Crippen LogP) is 5.90. The van der Waals surface area contributed by atoms with Gasteiger partial charge in [-0.05, 0) is 0 Å². The van der Waals surface area contributed by atoms with E-state index in [1.54, 1.807) is 11.1 Å². The molecule has 3 aromatic rings. The van der Waals surface area contributed by atoms with Crippen LogP contribution in [-0.4, -0.2) is 6.65 Å². The Labute approximate surface area is 176 Å². The standard InChI is InChI=1S/2C9H7.C8H9Si.Zr/c2*1-2-5-9-7-3-6-8(9)4-1;9-7-6-8-4-2-1-3-5-8;/h2*1-7H;1-7H,9H2;. The summed E-state index contributed by atoms with van der Waals surface area (Å²) in [7, 11) is 0. The van der Waals surface area contributed by atoms with Crippen LogP contribution in [0.4, 0.5) is 0 Å². The van der Waals surface area contributed by atoms with Gasteiger partial charge >= 0.3 is 178 Å². The van der Waals surface area contributed by atoms with Gasteiger partial charge < -0.3 is 0 Å². The second-order valence-corrected chi connectivity index (χ2v) is 22.1. The molecule has 135 valence electrons. The average Bonchev–Trinajstić information content (AvgIpc) is 3.37. The van der Waals surface area contributed by atoms with E-state index in [0.29, 0.717) is 7.25 Å². The first-order chi connectivity index (χ1) is 13.9. The van der Waals surface area contributed by atoms with Crippen LogP contribution >= 0.6 is 0 Å². The molecule has 0 aliphatic heterocycles. The first kappa shape index (κ1) is 18.0. The third-order valence-electron chi connectivity index (χ3n) is 5.86. The van der Waals surface area contributed by atoms with Gasteiger partial charge in [0.1, 0.15) is 0 Å². The van der Waals surface area contributed by atoms with Crippen molar-refractivity contribution in [2.24, 2.45) is 0 Å². The monoisotopic (exact) mass is 453 g/mol. The summed E-state index contributed by atoms with van der Waals surface area (Å²) < 4.78 is 1.43. The van der Waals surface area contributed by atoms with E-state index in [9.17, 15) is 0 Å². The average molecular weight is 455 g/mol. The zero-order valence-electron chi connectivity index (χ0n) is 15.8. The number of hydrogen-bond donors (Lipinski definition) is 0. The van der Waals surface area contributed by atoms with Gasteiger partial charge in [0.25, 0.3) is 0 Å². The van der Waals surface area contributed by atoms with E-state index in [-0.39, 0.29) is 6.65 Å². The van der Waals surface area contributed by atoms with Gasteiger partial charge in [0, 0.05) is 0 Å². The number of allylic oxidation sites excluding steroid dienone is 2. The molecule has 5 rings (SSSR count). The van der Waals surface area contributed by atoms with Gasteiger partial charge in [-0.2, -0.15) is 0 Å². The fourth-order valence-corrected chi connectivity index (χ4v) is 22.4. The Hall–Kier alpha value is -2.02. The Bertz CT molecular complexity index is 1000. The molecule has 0 nitrogen and oxygen atoms in total. The maximum atomic E-state index is 2.59. The topological polar surface area (TPSA) is 0 Å².